The number of hydrogen-bond acceptors (Lipinski definition) is 3. The molecule has 0 spiro atoms. The van der Waals surface area contributed by atoms with Crippen LogP contribution in [0.4, 0.5) is 11.4 Å². The molecule has 4 heteroatoms. The molecule has 4 nitrogen and oxygen atoms in total. The molecule has 0 heterocycles. The Bertz CT molecular complexity index is 501. The van der Waals surface area contributed by atoms with Crippen LogP contribution in [0, 0.1) is 17.8 Å². The lowest BCUT2D eigenvalue weighted by Crippen LogP contribution is -2.20. The largest absolute Gasteiger partial charge is 0.478 e. The van der Waals surface area contributed by atoms with Crippen LogP contribution in [-0.2, 0) is 0 Å². The number of carboxylic acids is 1. The summed E-state index contributed by atoms with van der Waals surface area (Å²) in [5.74, 6) is 1.65. The number of nitrogens with one attached hydrogen (secondary N) is 1. The average molecular weight is 260 g/mol. The second-order valence-corrected chi connectivity index (χ2v) is 5.92. The van der Waals surface area contributed by atoms with Crippen LogP contribution in [0.15, 0.2) is 18.2 Å². The molecule has 3 unspecified atom stereocenters. The topological polar surface area (TPSA) is 75.3 Å². The number of nitrogen functional groups attached to an aromatic ring is 1. The third-order valence-electron chi connectivity index (χ3n) is 4.73. The fraction of sp³-hybridized carbons (Fsp3) is 0.533. The van der Waals surface area contributed by atoms with Gasteiger partial charge in [0.1, 0.15) is 0 Å². The third-order valence-corrected chi connectivity index (χ3v) is 4.73. The molecule has 4 N–H and O–H groups in total. The van der Waals surface area contributed by atoms with Crippen molar-refractivity contribution >= 4 is 17.3 Å². The molecule has 1 aromatic carbocycles. The molecule has 0 aromatic heterocycles. The van der Waals surface area contributed by atoms with E-state index >= 15 is 0 Å². The third kappa shape index (κ3) is 2.39. The molecule has 3 rings (SSSR count). The molecular weight excluding hydrogens is 240 g/mol. The number of rotatable bonds is 4. The van der Waals surface area contributed by atoms with Gasteiger partial charge in [0, 0.05) is 17.9 Å². The molecule has 0 aliphatic heterocycles. The van der Waals surface area contributed by atoms with E-state index in [0.29, 0.717) is 5.69 Å². The molecule has 3 atom stereocenters. The van der Waals surface area contributed by atoms with Crippen LogP contribution in [0.25, 0.3) is 0 Å². The fourth-order valence-electron chi connectivity index (χ4n) is 3.74. The van der Waals surface area contributed by atoms with Gasteiger partial charge < -0.3 is 16.2 Å². The van der Waals surface area contributed by atoms with Gasteiger partial charge in [0.05, 0.1) is 5.56 Å². The Morgan fingerprint density at radius 3 is 2.79 bits per heavy atom. The van der Waals surface area contributed by atoms with Gasteiger partial charge in [0.25, 0.3) is 0 Å². The van der Waals surface area contributed by atoms with Crippen molar-refractivity contribution in [3.63, 3.8) is 0 Å². The summed E-state index contributed by atoms with van der Waals surface area (Å²) >= 11 is 0. The average Bonchev–Trinajstić information content (AvgIpc) is 2.98. The van der Waals surface area contributed by atoms with E-state index in [1.807, 2.05) is 0 Å². The van der Waals surface area contributed by atoms with E-state index in [1.54, 1.807) is 18.2 Å². The Hall–Kier alpha value is -1.71. The number of fused-ring (bicyclic) bond motifs is 2. The van der Waals surface area contributed by atoms with Crippen molar-refractivity contribution in [3.05, 3.63) is 23.8 Å². The first-order chi connectivity index (χ1) is 9.13. The Morgan fingerprint density at radius 2 is 2.21 bits per heavy atom. The van der Waals surface area contributed by atoms with Crippen molar-refractivity contribution in [2.45, 2.75) is 25.7 Å². The lowest BCUT2D eigenvalue weighted by atomic mass is 9.89. The van der Waals surface area contributed by atoms with E-state index < -0.39 is 5.97 Å². The number of benzene rings is 1. The van der Waals surface area contributed by atoms with Gasteiger partial charge in [0.2, 0.25) is 0 Å². The summed E-state index contributed by atoms with van der Waals surface area (Å²) in [5, 5.41) is 12.3. The maximum Gasteiger partial charge on any atom is 0.337 e. The summed E-state index contributed by atoms with van der Waals surface area (Å²) in [6, 6.07) is 5.09. The monoisotopic (exact) mass is 260 g/mol. The minimum Gasteiger partial charge on any atom is -0.478 e. The van der Waals surface area contributed by atoms with Gasteiger partial charge >= 0.3 is 5.97 Å². The summed E-state index contributed by atoms with van der Waals surface area (Å²) < 4.78 is 0. The maximum absolute atomic E-state index is 10.9. The van der Waals surface area contributed by atoms with Crippen molar-refractivity contribution in [2.24, 2.45) is 17.8 Å². The Balaban J connectivity index is 1.61. The maximum atomic E-state index is 10.9. The van der Waals surface area contributed by atoms with Crippen molar-refractivity contribution in [1.29, 1.82) is 0 Å². The molecule has 2 aliphatic carbocycles. The second kappa shape index (κ2) is 4.76. The van der Waals surface area contributed by atoms with Gasteiger partial charge in [-0.2, -0.15) is 0 Å². The highest BCUT2D eigenvalue weighted by Crippen LogP contribution is 2.48. The first-order valence-electron chi connectivity index (χ1n) is 7.00. The normalized spacial score (nSPS) is 28.5. The van der Waals surface area contributed by atoms with Crippen molar-refractivity contribution < 1.29 is 9.90 Å². The number of aromatic carboxylic acids is 1. The fourth-order valence-corrected chi connectivity index (χ4v) is 3.74. The molecule has 102 valence electrons. The van der Waals surface area contributed by atoms with Crippen LogP contribution < -0.4 is 11.1 Å². The highest BCUT2D eigenvalue weighted by molar-refractivity contribution is 5.94. The Kier molecular flexibility index (Phi) is 3.09. The SMILES string of the molecule is Nc1cc(NCC2CC3CCC2C3)ccc1C(=O)O. The summed E-state index contributed by atoms with van der Waals surface area (Å²) in [4.78, 5) is 10.9. The van der Waals surface area contributed by atoms with Crippen molar-refractivity contribution in [1.82, 2.24) is 0 Å². The standard InChI is InChI=1S/C15H20N2O2/c16-14-7-12(3-4-13(14)15(18)19)17-8-11-6-9-1-2-10(11)5-9/h3-4,7,9-11,17H,1-2,5-6,8,16H2,(H,18,19). The zero-order chi connectivity index (χ0) is 13.4. The summed E-state index contributed by atoms with van der Waals surface area (Å²) in [6.07, 6.45) is 5.56. The quantitative estimate of drug-likeness (QED) is 0.728. The van der Waals surface area contributed by atoms with Crippen LogP contribution >= 0.6 is 0 Å². The van der Waals surface area contributed by atoms with Crippen LogP contribution in [-0.4, -0.2) is 17.6 Å². The second-order valence-electron chi connectivity index (χ2n) is 5.92. The molecule has 1 aromatic rings. The molecule has 0 amide bonds. The predicted octanol–water partition coefficient (Wildman–Crippen LogP) is 2.82. The van der Waals surface area contributed by atoms with E-state index in [1.165, 1.54) is 25.7 Å². The molecular formula is C15H20N2O2. The van der Waals surface area contributed by atoms with Crippen LogP contribution in [0.5, 0.6) is 0 Å². The lowest BCUT2D eigenvalue weighted by molar-refractivity contribution is 0.0698. The summed E-state index contributed by atoms with van der Waals surface area (Å²) in [6.45, 7) is 0.979. The number of hydrogen-bond donors (Lipinski definition) is 3. The molecule has 19 heavy (non-hydrogen) atoms. The molecule has 2 aliphatic rings. The summed E-state index contributed by atoms with van der Waals surface area (Å²) in [7, 11) is 0. The molecule has 0 radical (unpaired) electrons. The van der Waals surface area contributed by atoms with E-state index in [4.69, 9.17) is 10.8 Å². The Labute approximate surface area is 113 Å². The van der Waals surface area contributed by atoms with E-state index in [0.717, 1.165) is 30.0 Å². The van der Waals surface area contributed by atoms with Gasteiger partial charge in [0.15, 0.2) is 0 Å². The molecule has 0 saturated heterocycles. The van der Waals surface area contributed by atoms with Crippen LogP contribution in [0.2, 0.25) is 0 Å². The number of carboxylic acid groups (broad SMARTS) is 1. The summed E-state index contributed by atoms with van der Waals surface area (Å²) in [5.41, 5.74) is 7.16. The zero-order valence-electron chi connectivity index (χ0n) is 10.9. The minimum absolute atomic E-state index is 0.172. The van der Waals surface area contributed by atoms with E-state index in [2.05, 4.69) is 5.32 Å². The number of nitrogens with two attached hydrogens (primary N) is 1. The van der Waals surface area contributed by atoms with Crippen molar-refractivity contribution in [2.75, 3.05) is 17.6 Å². The van der Waals surface area contributed by atoms with Crippen molar-refractivity contribution in [3.8, 4) is 0 Å². The number of anilines is 2. The first kappa shape index (κ1) is 12.3. The van der Waals surface area contributed by atoms with E-state index in [-0.39, 0.29) is 5.56 Å². The predicted molar refractivity (Wildman–Crippen MR) is 75.2 cm³/mol. The highest BCUT2D eigenvalue weighted by Gasteiger charge is 2.38. The smallest absolute Gasteiger partial charge is 0.337 e. The van der Waals surface area contributed by atoms with Crippen LogP contribution in [0.3, 0.4) is 0 Å². The highest BCUT2D eigenvalue weighted by atomic mass is 16.4. The van der Waals surface area contributed by atoms with Gasteiger partial charge in [-0.15, -0.1) is 0 Å². The molecule has 2 bridgehead atoms. The van der Waals surface area contributed by atoms with Crippen LogP contribution in [0.1, 0.15) is 36.0 Å². The minimum atomic E-state index is -0.975. The van der Waals surface area contributed by atoms with Gasteiger partial charge in [-0.1, -0.05) is 6.42 Å². The van der Waals surface area contributed by atoms with E-state index in [9.17, 15) is 4.79 Å². The zero-order valence-corrected chi connectivity index (χ0v) is 10.9. The molecule has 2 fully saturated rings. The Morgan fingerprint density at radius 1 is 1.37 bits per heavy atom. The van der Waals surface area contributed by atoms with Gasteiger partial charge in [-0.05, 0) is 55.2 Å². The number of carbonyl (C=O) groups is 1. The van der Waals surface area contributed by atoms with Gasteiger partial charge in [-0.3, -0.25) is 0 Å². The van der Waals surface area contributed by atoms with Gasteiger partial charge in [-0.25, -0.2) is 4.79 Å². The molecule has 2 saturated carbocycles. The first-order valence-corrected chi connectivity index (χ1v) is 7.00. The lowest BCUT2D eigenvalue weighted by Gasteiger charge is -2.22.